The molecule has 8 heteroatoms. The van der Waals surface area contributed by atoms with Gasteiger partial charge in [-0.25, -0.2) is 14.0 Å². The van der Waals surface area contributed by atoms with Gasteiger partial charge >= 0.3 is 12.1 Å². The van der Waals surface area contributed by atoms with Crippen LogP contribution in [0.15, 0.2) is 22.7 Å². The van der Waals surface area contributed by atoms with Crippen molar-refractivity contribution in [2.45, 2.75) is 44.9 Å². The van der Waals surface area contributed by atoms with Crippen molar-refractivity contribution in [3.8, 4) is 5.75 Å². The smallest absolute Gasteiger partial charge is 0.411 e. The molecular formula is C16H19BrFNO5. The van der Waals surface area contributed by atoms with Crippen LogP contribution in [-0.2, 0) is 9.53 Å². The van der Waals surface area contributed by atoms with Crippen LogP contribution in [0.3, 0.4) is 0 Å². The highest BCUT2D eigenvalue weighted by Gasteiger charge is 2.42. The molecule has 1 heterocycles. The molecule has 0 aliphatic carbocycles. The SMILES string of the molecule is CC(C)(C)OC(=O)N1C[C@H](Oc2ccc(Br)cc2F)C[C@H]1C(=O)O. The van der Waals surface area contributed by atoms with Crippen molar-refractivity contribution >= 4 is 28.0 Å². The minimum absolute atomic E-state index is 0.0124. The van der Waals surface area contributed by atoms with Gasteiger partial charge in [-0.05, 0) is 39.0 Å². The number of benzene rings is 1. The van der Waals surface area contributed by atoms with Gasteiger partial charge in [0.05, 0.1) is 6.54 Å². The zero-order valence-corrected chi connectivity index (χ0v) is 15.2. The van der Waals surface area contributed by atoms with E-state index < -0.39 is 35.6 Å². The summed E-state index contributed by atoms with van der Waals surface area (Å²) in [5, 5.41) is 9.32. The first-order valence-electron chi connectivity index (χ1n) is 7.41. The van der Waals surface area contributed by atoms with Crippen molar-refractivity contribution in [1.29, 1.82) is 0 Å². The number of ether oxygens (including phenoxy) is 2. The molecule has 0 spiro atoms. The van der Waals surface area contributed by atoms with Gasteiger partial charge in [-0.1, -0.05) is 15.9 Å². The summed E-state index contributed by atoms with van der Waals surface area (Å²) < 4.78 is 25.2. The second kappa shape index (κ2) is 6.96. The summed E-state index contributed by atoms with van der Waals surface area (Å²) >= 11 is 3.15. The zero-order valence-electron chi connectivity index (χ0n) is 13.6. The molecule has 6 nitrogen and oxygen atoms in total. The van der Waals surface area contributed by atoms with Crippen LogP contribution in [0.2, 0.25) is 0 Å². The number of nitrogens with zero attached hydrogens (tertiary/aromatic N) is 1. The van der Waals surface area contributed by atoms with E-state index in [1.807, 2.05) is 0 Å². The van der Waals surface area contributed by atoms with Crippen molar-refractivity contribution in [2.75, 3.05) is 6.54 Å². The molecular weight excluding hydrogens is 385 g/mol. The Hall–Kier alpha value is -1.83. The number of hydrogen-bond donors (Lipinski definition) is 1. The minimum Gasteiger partial charge on any atom is -0.485 e. The van der Waals surface area contributed by atoms with E-state index in [1.165, 1.54) is 12.1 Å². The molecule has 1 N–H and O–H groups in total. The van der Waals surface area contributed by atoms with Crippen LogP contribution in [0.1, 0.15) is 27.2 Å². The predicted molar refractivity (Wildman–Crippen MR) is 87.5 cm³/mol. The van der Waals surface area contributed by atoms with Crippen LogP contribution in [0.5, 0.6) is 5.75 Å². The third kappa shape index (κ3) is 4.59. The van der Waals surface area contributed by atoms with Gasteiger partial charge in [0.25, 0.3) is 0 Å². The highest BCUT2D eigenvalue weighted by molar-refractivity contribution is 9.10. The monoisotopic (exact) mass is 403 g/mol. The Morgan fingerprint density at radius 3 is 2.58 bits per heavy atom. The van der Waals surface area contributed by atoms with E-state index in [-0.39, 0.29) is 18.7 Å². The highest BCUT2D eigenvalue weighted by Crippen LogP contribution is 2.28. The minimum atomic E-state index is -1.15. The van der Waals surface area contributed by atoms with E-state index in [0.717, 1.165) is 4.90 Å². The first-order valence-corrected chi connectivity index (χ1v) is 8.20. The average molecular weight is 404 g/mol. The summed E-state index contributed by atoms with van der Waals surface area (Å²) in [5.41, 5.74) is -0.739. The van der Waals surface area contributed by atoms with E-state index in [9.17, 15) is 19.1 Å². The van der Waals surface area contributed by atoms with Crippen LogP contribution in [0, 0.1) is 5.82 Å². The fraction of sp³-hybridized carbons (Fsp3) is 0.500. The number of carbonyl (C=O) groups excluding carboxylic acids is 1. The van der Waals surface area contributed by atoms with Crippen LogP contribution < -0.4 is 4.74 Å². The lowest BCUT2D eigenvalue weighted by Crippen LogP contribution is -2.43. The molecule has 0 unspecified atom stereocenters. The maximum Gasteiger partial charge on any atom is 0.411 e. The average Bonchev–Trinajstić information content (AvgIpc) is 2.84. The number of rotatable bonds is 3. The Morgan fingerprint density at radius 1 is 1.38 bits per heavy atom. The van der Waals surface area contributed by atoms with Crippen molar-refractivity contribution in [3.63, 3.8) is 0 Å². The molecule has 1 fully saturated rings. The quantitative estimate of drug-likeness (QED) is 0.836. The van der Waals surface area contributed by atoms with E-state index >= 15 is 0 Å². The Morgan fingerprint density at radius 2 is 2.04 bits per heavy atom. The standard InChI is InChI=1S/C16H19BrFNO5/c1-16(2,3)24-15(22)19-8-10(7-12(19)14(20)21)23-13-5-4-9(17)6-11(13)18/h4-6,10,12H,7-8H2,1-3H3,(H,20,21)/t10-,12+/m1/s1. The van der Waals surface area contributed by atoms with Crippen LogP contribution >= 0.6 is 15.9 Å². The number of carbonyl (C=O) groups is 2. The summed E-state index contributed by atoms with van der Waals surface area (Å²) in [5.74, 6) is -1.70. The molecule has 1 amide bonds. The van der Waals surface area contributed by atoms with Gasteiger partial charge in [0, 0.05) is 10.9 Å². The number of amides is 1. The van der Waals surface area contributed by atoms with Gasteiger partial charge < -0.3 is 14.6 Å². The number of halogens is 2. The van der Waals surface area contributed by atoms with E-state index in [4.69, 9.17) is 9.47 Å². The number of carboxylic acids is 1. The largest absolute Gasteiger partial charge is 0.485 e. The molecule has 0 saturated carbocycles. The molecule has 1 aliphatic rings. The lowest BCUT2D eigenvalue weighted by Gasteiger charge is -2.26. The molecule has 0 radical (unpaired) electrons. The molecule has 1 aliphatic heterocycles. The molecule has 1 saturated heterocycles. The summed E-state index contributed by atoms with van der Waals surface area (Å²) in [7, 11) is 0. The van der Waals surface area contributed by atoms with Crippen LogP contribution in [0.4, 0.5) is 9.18 Å². The number of likely N-dealkylation sites (tertiary alicyclic amines) is 1. The Balaban J connectivity index is 2.11. The Bertz CT molecular complexity index is 646. The summed E-state index contributed by atoms with van der Waals surface area (Å²) in [6.45, 7) is 5.10. The molecule has 0 bridgehead atoms. The molecule has 1 aromatic carbocycles. The molecule has 2 atom stereocenters. The maximum atomic E-state index is 13.9. The van der Waals surface area contributed by atoms with Gasteiger partial charge in [0.2, 0.25) is 0 Å². The van der Waals surface area contributed by atoms with Gasteiger partial charge in [-0.3, -0.25) is 4.90 Å². The Labute approximate surface area is 147 Å². The lowest BCUT2D eigenvalue weighted by atomic mass is 10.2. The first-order chi connectivity index (χ1) is 11.1. The topological polar surface area (TPSA) is 76.1 Å². The summed E-state index contributed by atoms with van der Waals surface area (Å²) in [6, 6.07) is 3.26. The second-order valence-corrected chi connectivity index (χ2v) is 7.45. The van der Waals surface area contributed by atoms with Crippen molar-refractivity contribution in [3.05, 3.63) is 28.5 Å². The summed E-state index contributed by atoms with van der Waals surface area (Å²) in [4.78, 5) is 24.7. The van der Waals surface area contributed by atoms with Gasteiger partial charge in [-0.15, -0.1) is 0 Å². The number of carboxylic acid groups (broad SMARTS) is 1. The summed E-state index contributed by atoms with van der Waals surface area (Å²) in [6.07, 6.45) is -1.30. The van der Waals surface area contributed by atoms with Gasteiger partial charge in [-0.2, -0.15) is 0 Å². The predicted octanol–water partition coefficient (Wildman–Crippen LogP) is 3.43. The third-order valence-corrected chi connectivity index (χ3v) is 3.86. The number of hydrogen-bond acceptors (Lipinski definition) is 4. The molecule has 2 rings (SSSR count). The van der Waals surface area contributed by atoms with Crippen molar-refractivity contribution < 1.29 is 28.6 Å². The first kappa shape index (κ1) is 18.5. The molecule has 24 heavy (non-hydrogen) atoms. The Kier molecular flexibility index (Phi) is 5.37. The van der Waals surface area contributed by atoms with Gasteiger partial charge in [0.15, 0.2) is 11.6 Å². The fourth-order valence-electron chi connectivity index (χ4n) is 2.39. The normalized spacial score (nSPS) is 20.8. The zero-order chi connectivity index (χ0) is 18.1. The molecule has 132 valence electrons. The van der Waals surface area contributed by atoms with Crippen molar-refractivity contribution in [1.82, 2.24) is 4.90 Å². The fourth-order valence-corrected chi connectivity index (χ4v) is 2.72. The number of aliphatic carboxylic acids is 1. The van der Waals surface area contributed by atoms with E-state index in [1.54, 1.807) is 26.8 Å². The van der Waals surface area contributed by atoms with Crippen LogP contribution in [-0.4, -0.2) is 46.4 Å². The van der Waals surface area contributed by atoms with Gasteiger partial charge in [0.1, 0.15) is 17.7 Å². The van der Waals surface area contributed by atoms with E-state index in [0.29, 0.717) is 4.47 Å². The third-order valence-electron chi connectivity index (χ3n) is 3.36. The highest BCUT2D eigenvalue weighted by atomic mass is 79.9. The molecule has 0 aromatic heterocycles. The van der Waals surface area contributed by atoms with E-state index in [2.05, 4.69) is 15.9 Å². The molecule has 1 aromatic rings. The second-order valence-electron chi connectivity index (χ2n) is 6.54. The lowest BCUT2D eigenvalue weighted by molar-refractivity contribution is -0.142. The van der Waals surface area contributed by atoms with Crippen molar-refractivity contribution in [2.24, 2.45) is 0 Å². The van der Waals surface area contributed by atoms with Crippen LogP contribution in [0.25, 0.3) is 0 Å². The maximum absolute atomic E-state index is 13.9.